The van der Waals surface area contributed by atoms with E-state index in [4.69, 9.17) is 0 Å². The SMILES string of the molecule is O=C(CN1CCN(C(=O)c2ccccc2)CC1)N1CCC1. The summed E-state index contributed by atoms with van der Waals surface area (Å²) >= 11 is 0. The summed E-state index contributed by atoms with van der Waals surface area (Å²) in [5, 5.41) is 0. The molecule has 0 radical (unpaired) electrons. The minimum absolute atomic E-state index is 0.0873. The number of carbonyl (C=O) groups is 2. The normalized spacial score (nSPS) is 19.2. The summed E-state index contributed by atoms with van der Waals surface area (Å²) < 4.78 is 0. The van der Waals surface area contributed by atoms with Gasteiger partial charge in [-0.05, 0) is 18.6 Å². The average Bonchev–Trinajstić information content (AvgIpc) is 2.46. The van der Waals surface area contributed by atoms with Crippen molar-refractivity contribution in [1.82, 2.24) is 14.7 Å². The Morgan fingerprint density at radius 1 is 0.857 bits per heavy atom. The van der Waals surface area contributed by atoms with E-state index in [2.05, 4.69) is 4.90 Å². The Bertz CT molecular complexity index is 506. The standard InChI is InChI=1S/C16H21N3O2/c20-15(18-7-4-8-18)13-17-9-11-19(12-10-17)16(21)14-5-2-1-3-6-14/h1-3,5-6H,4,7-13H2. The van der Waals surface area contributed by atoms with Crippen LogP contribution in [0, 0.1) is 0 Å². The van der Waals surface area contributed by atoms with Crippen molar-refractivity contribution in [2.75, 3.05) is 45.8 Å². The number of rotatable bonds is 3. The lowest BCUT2D eigenvalue weighted by molar-refractivity contribution is -0.136. The van der Waals surface area contributed by atoms with Gasteiger partial charge in [-0.2, -0.15) is 0 Å². The van der Waals surface area contributed by atoms with Gasteiger partial charge in [0.1, 0.15) is 0 Å². The first-order chi connectivity index (χ1) is 10.2. The molecule has 2 amide bonds. The Kier molecular flexibility index (Phi) is 4.20. The van der Waals surface area contributed by atoms with E-state index in [1.165, 1.54) is 0 Å². The lowest BCUT2D eigenvalue weighted by Crippen LogP contribution is -2.53. The molecule has 1 aromatic carbocycles. The third-order valence-electron chi connectivity index (χ3n) is 4.25. The molecule has 0 spiro atoms. The molecule has 5 heteroatoms. The first-order valence-corrected chi connectivity index (χ1v) is 7.58. The summed E-state index contributed by atoms with van der Waals surface area (Å²) in [6, 6.07) is 9.38. The van der Waals surface area contributed by atoms with Gasteiger partial charge in [0.15, 0.2) is 0 Å². The minimum Gasteiger partial charge on any atom is -0.341 e. The van der Waals surface area contributed by atoms with Crippen molar-refractivity contribution < 1.29 is 9.59 Å². The molecule has 3 rings (SSSR count). The van der Waals surface area contributed by atoms with Crippen molar-refractivity contribution in [3.8, 4) is 0 Å². The van der Waals surface area contributed by atoms with Gasteiger partial charge in [-0.3, -0.25) is 14.5 Å². The van der Waals surface area contributed by atoms with Crippen LogP contribution >= 0.6 is 0 Å². The second kappa shape index (κ2) is 6.26. The van der Waals surface area contributed by atoms with E-state index < -0.39 is 0 Å². The van der Waals surface area contributed by atoms with Gasteiger partial charge in [0.05, 0.1) is 6.54 Å². The molecule has 0 N–H and O–H groups in total. The van der Waals surface area contributed by atoms with Crippen LogP contribution in [0.15, 0.2) is 30.3 Å². The fourth-order valence-electron chi connectivity index (χ4n) is 2.73. The predicted molar refractivity (Wildman–Crippen MR) is 80.0 cm³/mol. The molecule has 1 aromatic rings. The number of hydrogen-bond donors (Lipinski definition) is 0. The minimum atomic E-state index is 0.0873. The van der Waals surface area contributed by atoms with Gasteiger partial charge < -0.3 is 9.80 Å². The zero-order valence-corrected chi connectivity index (χ0v) is 12.2. The zero-order chi connectivity index (χ0) is 14.7. The molecule has 2 saturated heterocycles. The van der Waals surface area contributed by atoms with Gasteiger partial charge in [-0.25, -0.2) is 0 Å². The highest BCUT2D eigenvalue weighted by molar-refractivity contribution is 5.94. The molecule has 0 aromatic heterocycles. The van der Waals surface area contributed by atoms with E-state index >= 15 is 0 Å². The molecule has 21 heavy (non-hydrogen) atoms. The Labute approximate surface area is 125 Å². The van der Waals surface area contributed by atoms with Gasteiger partial charge in [0, 0.05) is 44.8 Å². The zero-order valence-electron chi connectivity index (χ0n) is 12.2. The lowest BCUT2D eigenvalue weighted by atomic mass is 10.2. The summed E-state index contributed by atoms with van der Waals surface area (Å²) in [7, 11) is 0. The molecule has 2 aliphatic heterocycles. The number of benzene rings is 1. The molecular weight excluding hydrogens is 266 g/mol. The fourth-order valence-corrected chi connectivity index (χ4v) is 2.73. The molecule has 5 nitrogen and oxygen atoms in total. The van der Waals surface area contributed by atoms with E-state index in [0.717, 1.165) is 38.2 Å². The van der Waals surface area contributed by atoms with E-state index in [0.29, 0.717) is 19.6 Å². The monoisotopic (exact) mass is 287 g/mol. The summed E-state index contributed by atoms with van der Waals surface area (Å²) in [6.45, 7) is 5.25. The highest BCUT2D eigenvalue weighted by Crippen LogP contribution is 2.10. The molecule has 2 heterocycles. The van der Waals surface area contributed by atoms with Crippen molar-refractivity contribution in [1.29, 1.82) is 0 Å². The van der Waals surface area contributed by atoms with Crippen molar-refractivity contribution >= 4 is 11.8 Å². The van der Waals surface area contributed by atoms with Crippen molar-refractivity contribution in [2.45, 2.75) is 6.42 Å². The maximum atomic E-state index is 12.3. The topological polar surface area (TPSA) is 43.9 Å². The largest absolute Gasteiger partial charge is 0.341 e. The molecule has 0 bridgehead atoms. The molecule has 0 unspecified atom stereocenters. The van der Waals surface area contributed by atoms with Crippen LogP contribution in [0.3, 0.4) is 0 Å². The fraction of sp³-hybridized carbons (Fsp3) is 0.500. The van der Waals surface area contributed by atoms with E-state index in [9.17, 15) is 9.59 Å². The Morgan fingerprint density at radius 2 is 1.52 bits per heavy atom. The number of likely N-dealkylation sites (tertiary alicyclic amines) is 1. The van der Waals surface area contributed by atoms with Gasteiger partial charge in [-0.15, -0.1) is 0 Å². The number of carbonyl (C=O) groups excluding carboxylic acids is 2. The van der Waals surface area contributed by atoms with Crippen LogP contribution in [-0.2, 0) is 4.79 Å². The van der Waals surface area contributed by atoms with E-state index in [1.54, 1.807) is 0 Å². The lowest BCUT2D eigenvalue weighted by Gasteiger charge is -2.37. The molecule has 2 fully saturated rings. The predicted octanol–water partition coefficient (Wildman–Crippen LogP) is 0.677. The number of piperazine rings is 1. The van der Waals surface area contributed by atoms with Gasteiger partial charge in [0.25, 0.3) is 5.91 Å². The van der Waals surface area contributed by atoms with E-state index in [-0.39, 0.29) is 11.8 Å². The van der Waals surface area contributed by atoms with Gasteiger partial charge in [-0.1, -0.05) is 18.2 Å². The van der Waals surface area contributed by atoms with Gasteiger partial charge >= 0.3 is 0 Å². The quantitative estimate of drug-likeness (QED) is 0.821. The third kappa shape index (κ3) is 3.24. The van der Waals surface area contributed by atoms with Crippen molar-refractivity contribution in [3.63, 3.8) is 0 Å². The molecule has 0 atom stereocenters. The smallest absolute Gasteiger partial charge is 0.253 e. The molecule has 2 aliphatic rings. The number of amides is 2. The first kappa shape index (κ1) is 14.1. The van der Waals surface area contributed by atoms with Gasteiger partial charge in [0.2, 0.25) is 5.91 Å². The van der Waals surface area contributed by atoms with Crippen LogP contribution in [0.2, 0.25) is 0 Å². The van der Waals surface area contributed by atoms with Crippen LogP contribution in [0.5, 0.6) is 0 Å². The Morgan fingerprint density at radius 3 is 2.10 bits per heavy atom. The average molecular weight is 287 g/mol. The third-order valence-corrected chi connectivity index (χ3v) is 4.25. The summed E-state index contributed by atoms with van der Waals surface area (Å²) in [5.74, 6) is 0.313. The molecule has 0 saturated carbocycles. The molecular formula is C16H21N3O2. The second-order valence-corrected chi connectivity index (χ2v) is 5.67. The van der Waals surface area contributed by atoms with Crippen LogP contribution < -0.4 is 0 Å². The van der Waals surface area contributed by atoms with Crippen molar-refractivity contribution in [2.24, 2.45) is 0 Å². The summed E-state index contributed by atoms with van der Waals surface area (Å²) in [4.78, 5) is 30.2. The summed E-state index contributed by atoms with van der Waals surface area (Å²) in [5.41, 5.74) is 0.739. The highest BCUT2D eigenvalue weighted by Gasteiger charge is 2.26. The maximum Gasteiger partial charge on any atom is 0.253 e. The van der Waals surface area contributed by atoms with Crippen LogP contribution in [-0.4, -0.2) is 72.3 Å². The first-order valence-electron chi connectivity index (χ1n) is 7.58. The molecule has 112 valence electrons. The Balaban J connectivity index is 1.48. The van der Waals surface area contributed by atoms with Crippen LogP contribution in [0.25, 0.3) is 0 Å². The van der Waals surface area contributed by atoms with Crippen molar-refractivity contribution in [3.05, 3.63) is 35.9 Å². The Hall–Kier alpha value is -1.88. The maximum absolute atomic E-state index is 12.3. The van der Waals surface area contributed by atoms with E-state index in [1.807, 2.05) is 40.1 Å². The molecule has 0 aliphatic carbocycles. The number of nitrogens with zero attached hydrogens (tertiary/aromatic N) is 3. The second-order valence-electron chi connectivity index (χ2n) is 5.67. The van der Waals surface area contributed by atoms with Crippen LogP contribution in [0.4, 0.5) is 0 Å². The highest BCUT2D eigenvalue weighted by atomic mass is 16.2. The van der Waals surface area contributed by atoms with Crippen LogP contribution in [0.1, 0.15) is 16.8 Å². The summed E-state index contributed by atoms with van der Waals surface area (Å²) in [6.07, 6.45) is 1.13. The number of hydrogen-bond acceptors (Lipinski definition) is 3.